The molecule has 0 aliphatic rings. The monoisotopic (exact) mass is 445 g/mol. The molecule has 0 bridgehead atoms. The van der Waals surface area contributed by atoms with Crippen LogP contribution in [0.15, 0.2) is 70.3 Å². The maximum absolute atomic E-state index is 13.0. The standard InChI is InChI=1S/C25H23N3O5/c1-15-13-21(16(2)28(15)18-9-5-4-6-10-18)23(30)17(3)33-22(29)14-27-25(32)20-12-8-7-11-19(20)24(31)26-27/h4-13,17H,14H2,1-3H3,(H,26,31)/t17-/m0/s1. The first-order valence-corrected chi connectivity index (χ1v) is 10.5. The summed E-state index contributed by atoms with van der Waals surface area (Å²) < 4.78 is 8.16. The van der Waals surface area contributed by atoms with E-state index in [1.54, 1.807) is 18.2 Å². The Morgan fingerprint density at radius 3 is 2.30 bits per heavy atom. The van der Waals surface area contributed by atoms with Gasteiger partial charge in [-0.3, -0.25) is 24.3 Å². The average molecular weight is 445 g/mol. The van der Waals surface area contributed by atoms with Crippen molar-refractivity contribution in [1.29, 1.82) is 0 Å². The van der Waals surface area contributed by atoms with Gasteiger partial charge in [0.1, 0.15) is 6.54 Å². The minimum Gasteiger partial charge on any atom is -0.453 e. The smallest absolute Gasteiger partial charge is 0.328 e. The first kappa shape index (κ1) is 22.0. The summed E-state index contributed by atoms with van der Waals surface area (Å²) >= 11 is 0. The van der Waals surface area contributed by atoms with E-state index in [0.29, 0.717) is 5.56 Å². The van der Waals surface area contributed by atoms with Crippen molar-refractivity contribution in [1.82, 2.24) is 14.3 Å². The van der Waals surface area contributed by atoms with Crippen LogP contribution in [0.2, 0.25) is 0 Å². The molecule has 2 aromatic carbocycles. The number of aryl methyl sites for hydroxylation is 1. The first-order valence-electron chi connectivity index (χ1n) is 10.5. The van der Waals surface area contributed by atoms with Gasteiger partial charge in [0.25, 0.3) is 11.1 Å². The molecule has 0 radical (unpaired) electrons. The van der Waals surface area contributed by atoms with E-state index in [2.05, 4.69) is 5.10 Å². The number of rotatable bonds is 6. The van der Waals surface area contributed by atoms with E-state index >= 15 is 0 Å². The van der Waals surface area contributed by atoms with Crippen molar-refractivity contribution in [3.8, 4) is 5.69 Å². The first-order chi connectivity index (χ1) is 15.8. The van der Waals surface area contributed by atoms with Crippen molar-refractivity contribution in [2.45, 2.75) is 33.4 Å². The highest BCUT2D eigenvalue weighted by Gasteiger charge is 2.24. The molecule has 1 N–H and O–H groups in total. The van der Waals surface area contributed by atoms with Crippen LogP contribution in [0.25, 0.3) is 16.5 Å². The average Bonchev–Trinajstić information content (AvgIpc) is 3.11. The molecule has 0 saturated heterocycles. The molecule has 2 aromatic heterocycles. The van der Waals surface area contributed by atoms with Crippen molar-refractivity contribution >= 4 is 22.5 Å². The summed E-state index contributed by atoms with van der Waals surface area (Å²) in [5.74, 6) is -1.15. The summed E-state index contributed by atoms with van der Waals surface area (Å²) in [6, 6.07) is 17.7. The van der Waals surface area contributed by atoms with Gasteiger partial charge in [-0.05, 0) is 51.1 Å². The predicted octanol–water partition coefficient (Wildman–Crippen LogP) is 2.91. The van der Waals surface area contributed by atoms with Crippen LogP contribution < -0.4 is 11.1 Å². The van der Waals surface area contributed by atoms with Crippen molar-refractivity contribution < 1.29 is 14.3 Å². The molecule has 0 amide bonds. The lowest BCUT2D eigenvalue weighted by Crippen LogP contribution is -2.34. The zero-order valence-electron chi connectivity index (χ0n) is 18.5. The lowest BCUT2D eigenvalue weighted by Gasteiger charge is -2.14. The SMILES string of the molecule is Cc1cc(C(=O)[C@H](C)OC(=O)Cn2[nH]c(=O)c3ccccc3c2=O)c(C)n1-c1ccccc1. The maximum Gasteiger partial charge on any atom is 0.328 e. The third-order valence-corrected chi connectivity index (χ3v) is 5.56. The molecular weight excluding hydrogens is 422 g/mol. The minimum atomic E-state index is -1.06. The summed E-state index contributed by atoms with van der Waals surface area (Å²) in [6.07, 6.45) is -1.06. The van der Waals surface area contributed by atoms with Crippen LogP contribution >= 0.6 is 0 Å². The van der Waals surface area contributed by atoms with E-state index in [1.165, 1.54) is 19.1 Å². The molecule has 1 atom stereocenters. The summed E-state index contributed by atoms with van der Waals surface area (Å²) in [7, 11) is 0. The molecule has 0 aliphatic heterocycles. The molecule has 2 heterocycles. The van der Waals surface area contributed by atoms with Gasteiger partial charge < -0.3 is 9.30 Å². The fraction of sp³-hybridized carbons (Fsp3) is 0.200. The second kappa shape index (κ2) is 8.74. The van der Waals surface area contributed by atoms with Gasteiger partial charge in [-0.15, -0.1) is 0 Å². The van der Waals surface area contributed by atoms with Gasteiger partial charge in [-0.25, -0.2) is 4.68 Å². The third kappa shape index (κ3) is 4.15. The Kier molecular flexibility index (Phi) is 5.83. The van der Waals surface area contributed by atoms with Crippen LogP contribution in [0.5, 0.6) is 0 Å². The number of aromatic amines is 1. The minimum absolute atomic E-state index is 0.200. The summed E-state index contributed by atoms with van der Waals surface area (Å²) in [5.41, 5.74) is 1.98. The van der Waals surface area contributed by atoms with Crippen molar-refractivity contribution in [3.63, 3.8) is 0 Å². The van der Waals surface area contributed by atoms with Crippen LogP contribution in [-0.2, 0) is 16.1 Å². The molecule has 0 aliphatic carbocycles. The van der Waals surface area contributed by atoms with E-state index in [4.69, 9.17) is 4.74 Å². The number of carbonyl (C=O) groups excluding carboxylic acids is 2. The van der Waals surface area contributed by atoms with Crippen LogP contribution in [0.4, 0.5) is 0 Å². The molecule has 33 heavy (non-hydrogen) atoms. The van der Waals surface area contributed by atoms with Gasteiger partial charge in [-0.2, -0.15) is 0 Å². The molecule has 0 saturated carbocycles. The van der Waals surface area contributed by atoms with Crippen LogP contribution in [-0.4, -0.2) is 32.2 Å². The second-order valence-corrected chi connectivity index (χ2v) is 7.83. The highest BCUT2D eigenvalue weighted by Crippen LogP contribution is 2.22. The lowest BCUT2D eigenvalue weighted by molar-refractivity contribution is -0.147. The largest absolute Gasteiger partial charge is 0.453 e. The highest BCUT2D eigenvalue weighted by atomic mass is 16.5. The Morgan fingerprint density at radius 2 is 1.61 bits per heavy atom. The second-order valence-electron chi connectivity index (χ2n) is 7.83. The van der Waals surface area contributed by atoms with Gasteiger partial charge in [0.2, 0.25) is 5.78 Å². The fourth-order valence-corrected chi connectivity index (χ4v) is 3.98. The number of carbonyl (C=O) groups is 2. The number of nitrogens with zero attached hydrogens (tertiary/aromatic N) is 2. The van der Waals surface area contributed by atoms with Gasteiger partial charge in [0.05, 0.1) is 10.8 Å². The zero-order valence-corrected chi connectivity index (χ0v) is 18.5. The number of H-pyrrole nitrogens is 1. The number of aromatic nitrogens is 3. The summed E-state index contributed by atoms with van der Waals surface area (Å²) in [4.78, 5) is 50.3. The van der Waals surface area contributed by atoms with Crippen LogP contribution in [0, 0.1) is 13.8 Å². The number of benzene rings is 2. The van der Waals surface area contributed by atoms with Crippen molar-refractivity contribution in [2.24, 2.45) is 0 Å². The van der Waals surface area contributed by atoms with Gasteiger partial charge in [-0.1, -0.05) is 30.3 Å². The molecule has 168 valence electrons. The van der Waals surface area contributed by atoms with E-state index in [1.807, 2.05) is 48.7 Å². The Morgan fingerprint density at radius 1 is 0.970 bits per heavy atom. The number of ether oxygens (including phenoxy) is 1. The van der Waals surface area contributed by atoms with Gasteiger partial charge in [0, 0.05) is 22.6 Å². The Hall–Kier alpha value is -4.20. The molecule has 8 nitrogen and oxygen atoms in total. The van der Waals surface area contributed by atoms with E-state index in [-0.39, 0.29) is 16.6 Å². The van der Waals surface area contributed by atoms with Gasteiger partial charge in [0.15, 0.2) is 6.10 Å². The third-order valence-electron chi connectivity index (χ3n) is 5.56. The quantitative estimate of drug-likeness (QED) is 0.363. The van der Waals surface area contributed by atoms with Gasteiger partial charge >= 0.3 is 5.97 Å². The molecule has 0 unspecified atom stereocenters. The topological polar surface area (TPSA) is 103 Å². The predicted molar refractivity (Wildman–Crippen MR) is 124 cm³/mol. The number of hydrogen-bond donors (Lipinski definition) is 1. The van der Waals surface area contributed by atoms with Crippen LogP contribution in [0.1, 0.15) is 28.7 Å². The Bertz CT molecular complexity index is 1480. The number of ketones is 1. The number of fused-ring (bicyclic) bond motifs is 1. The number of para-hydroxylation sites is 1. The Labute approximate surface area is 189 Å². The number of nitrogens with one attached hydrogen (secondary N) is 1. The number of Topliss-reactive ketones (excluding diaryl/α,β-unsaturated/α-hetero) is 1. The fourth-order valence-electron chi connectivity index (χ4n) is 3.98. The van der Waals surface area contributed by atoms with Crippen molar-refractivity contribution in [3.05, 3.63) is 98.3 Å². The number of esters is 1. The maximum atomic E-state index is 13.0. The number of hydrogen-bond acceptors (Lipinski definition) is 5. The molecule has 0 spiro atoms. The van der Waals surface area contributed by atoms with E-state index in [9.17, 15) is 19.2 Å². The lowest BCUT2D eigenvalue weighted by atomic mass is 10.1. The van der Waals surface area contributed by atoms with E-state index < -0.39 is 29.7 Å². The Balaban J connectivity index is 1.53. The normalized spacial score (nSPS) is 12.0. The molecular formula is C25H23N3O5. The molecule has 4 rings (SSSR count). The summed E-state index contributed by atoms with van der Waals surface area (Å²) in [5, 5.41) is 2.82. The zero-order chi connectivity index (χ0) is 23.7. The molecule has 0 fully saturated rings. The summed E-state index contributed by atoms with van der Waals surface area (Å²) in [6.45, 7) is 4.71. The molecule has 4 aromatic rings. The van der Waals surface area contributed by atoms with Crippen LogP contribution in [0.3, 0.4) is 0 Å². The molecule has 8 heteroatoms. The van der Waals surface area contributed by atoms with Crippen molar-refractivity contribution in [2.75, 3.05) is 0 Å². The highest BCUT2D eigenvalue weighted by molar-refractivity contribution is 6.01. The van der Waals surface area contributed by atoms with E-state index in [0.717, 1.165) is 21.8 Å².